The van der Waals surface area contributed by atoms with Crippen molar-refractivity contribution in [1.29, 1.82) is 0 Å². The zero-order valence-corrected chi connectivity index (χ0v) is 14.4. The van der Waals surface area contributed by atoms with Gasteiger partial charge in [0.25, 0.3) is 0 Å². The first kappa shape index (κ1) is 17.2. The van der Waals surface area contributed by atoms with Crippen molar-refractivity contribution in [3.8, 4) is 0 Å². The number of nitrogens with one attached hydrogen (secondary N) is 1. The second-order valence-electron chi connectivity index (χ2n) is 6.30. The number of hydrogen-bond acceptors (Lipinski definition) is 2. The summed E-state index contributed by atoms with van der Waals surface area (Å²) in [6.07, 6.45) is 0. The van der Waals surface area contributed by atoms with E-state index in [2.05, 4.69) is 42.3 Å². The van der Waals surface area contributed by atoms with Crippen molar-refractivity contribution >= 4 is 17.4 Å². The number of benzene rings is 2. The molecule has 2 aromatic carbocycles. The maximum absolute atomic E-state index is 13.2. The van der Waals surface area contributed by atoms with E-state index in [1.807, 2.05) is 0 Å². The van der Waals surface area contributed by atoms with Crippen molar-refractivity contribution in [3.05, 3.63) is 59.2 Å². The number of rotatable bonds is 2. The van der Waals surface area contributed by atoms with Crippen LogP contribution in [0.1, 0.15) is 11.1 Å². The summed E-state index contributed by atoms with van der Waals surface area (Å²) in [5, 5.41) is 2.61. The van der Waals surface area contributed by atoms with E-state index in [0.29, 0.717) is 13.1 Å². The SMILES string of the molecule is Cc1ccc(N2CCN(C(=O)Nc3ccc(F)c(F)c3)CC2)cc1C. The second kappa shape index (κ2) is 7.09. The van der Waals surface area contributed by atoms with E-state index in [4.69, 9.17) is 0 Å². The Morgan fingerprint density at radius 2 is 1.64 bits per heavy atom. The van der Waals surface area contributed by atoms with Crippen molar-refractivity contribution in [2.24, 2.45) is 0 Å². The Bertz CT molecular complexity index is 786. The van der Waals surface area contributed by atoms with E-state index in [1.165, 1.54) is 17.2 Å². The molecule has 0 aromatic heterocycles. The summed E-state index contributed by atoms with van der Waals surface area (Å²) in [5.74, 6) is -1.91. The molecule has 1 N–H and O–H groups in total. The van der Waals surface area contributed by atoms with Crippen molar-refractivity contribution in [1.82, 2.24) is 4.90 Å². The topological polar surface area (TPSA) is 35.6 Å². The minimum atomic E-state index is -0.975. The van der Waals surface area contributed by atoms with E-state index in [1.54, 1.807) is 4.90 Å². The van der Waals surface area contributed by atoms with Gasteiger partial charge in [0, 0.05) is 43.6 Å². The maximum atomic E-state index is 13.2. The van der Waals surface area contributed by atoms with Gasteiger partial charge >= 0.3 is 6.03 Å². The second-order valence-corrected chi connectivity index (χ2v) is 6.30. The molecule has 0 aliphatic carbocycles. The number of carbonyl (C=O) groups is 1. The van der Waals surface area contributed by atoms with Gasteiger partial charge in [-0.05, 0) is 49.2 Å². The van der Waals surface area contributed by atoms with Crippen molar-refractivity contribution < 1.29 is 13.6 Å². The van der Waals surface area contributed by atoms with Crippen molar-refractivity contribution in [2.45, 2.75) is 13.8 Å². The van der Waals surface area contributed by atoms with E-state index >= 15 is 0 Å². The third kappa shape index (κ3) is 3.90. The first-order chi connectivity index (χ1) is 11.9. The Kier molecular flexibility index (Phi) is 4.88. The number of hydrogen-bond donors (Lipinski definition) is 1. The Morgan fingerprint density at radius 3 is 2.28 bits per heavy atom. The van der Waals surface area contributed by atoms with Gasteiger partial charge < -0.3 is 15.1 Å². The number of urea groups is 1. The predicted molar refractivity (Wildman–Crippen MR) is 95.1 cm³/mol. The summed E-state index contributed by atoms with van der Waals surface area (Å²) in [6, 6.07) is 9.40. The smallest absolute Gasteiger partial charge is 0.321 e. The number of aryl methyl sites for hydroxylation is 2. The summed E-state index contributed by atoms with van der Waals surface area (Å²) in [6.45, 7) is 6.77. The van der Waals surface area contributed by atoms with Gasteiger partial charge in [-0.1, -0.05) is 6.07 Å². The van der Waals surface area contributed by atoms with Gasteiger partial charge in [0.05, 0.1) is 0 Å². The molecule has 0 radical (unpaired) electrons. The normalized spacial score (nSPS) is 14.6. The molecule has 1 aliphatic rings. The van der Waals surface area contributed by atoms with Crippen LogP contribution in [0.4, 0.5) is 25.0 Å². The van der Waals surface area contributed by atoms with Crippen molar-refractivity contribution in [3.63, 3.8) is 0 Å². The molecule has 0 bridgehead atoms. The van der Waals surface area contributed by atoms with Crippen LogP contribution in [0.5, 0.6) is 0 Å². The Hall–Kier alpha value is -2.63. The largest absolute Gasteiger partial charge is 0.368 e. The molecule has 2 aromatic rings. The minimum Gasteiger partial charge on any atom is -0.368 e. The number of piperazine rings is 1. The first-order valence-corrected chi connectivity index (χ1v) is 8.27. The van der Waals surface area contributed by atoms with Crippen molar-refractivity contribution in [2.75, 3.05) is 36.4 Å². The lowest BCUT2D eigenvalue weighted by atomic mass is 10.1. The van der Waals surface area contributed by atoms with E-state index < -0.39 is 11.6 Å². The molecule has 0 atom stereocenters. The molecule has 2 amide bonds. The number of carbonyl (C=O) groups excluding carboxylic acids is 1. The van der Waals surface area contributed by atoms with E-state index in [0.717, 1.165) is 30.9 Å². The summed E-state index contributed by atoms with van der Waals surface area (Å²) in [7, 11) is 0. The minimum absolute atomic E-state index is 0.250. The van der Waals surface area contributed by atoms with Crippen LogP contribution >= 0.6 is 0 Å². The molecule has 6 heteroatoms. The summed E-state index contributed by atoms with van der Waals surface area (Å²) >= 11 is 0. The highest BCUT2D eigenvalue weighted by Crippen LogP contribution is 2.21. The van der Waals surface area contributed by atoms with Gasteiger partial charge in [-0.25, -0.2) is 13.6 Å². The standard InChI is InChI=1S/C19H21F2N3O/c1-13-3-5-16(11-14(13)2)23-7-9-24(10-8-23)19(25)22-15-4-6-17(20)18(21)12-15/h3-6,11-12H,7-10H2,1-2H3,(H,22,25). The van der Waals surface area contributed by atoms with E-state index in [-0.39, 0.29) is 11.7 Å². The van der Waals surface area contributed by atoms with Crippen LogP contribution in [0, 0.1) is 25.5 Å². The summed E-state index contributed by atoms with van der Waals surface area (Å²) in [4.78, 5) is 16.2. The molecule has 3 rings (SSSR count). The fraction of sp³-hybridized carbons (Fsp3) is 0.316. The molecule has 1 saturated heterocycles. The molecule has 132 valence electrons. The maximum Gasteiger partial charge on any atom is 0.321 e. The summed E-state index contributed by atoms with van der Waals surface area (Å²) < 4.78 is 26.2. The van der Waals surface area contributed by atoms with Gasteiger partial charge in [0.15, 0.2) is 11.6 Å². The lowest BCUT2D eigenvalue weighted by Gasteiger charge is -2.36. The average molecular weight is 345 g/mol. The zero-order chi connectivity index (χ0) is 18.0. The van der Waals surface area contributed by atoms with Gasteiger partial charge in [-0.2, -0.15) is 0 Å². The highest BCUT2D eigenvalue weighted by atomic mass is 19.2. The number of halogens is 2. The van der Waals surface area contributed by atoms with E-state index in [9.17, 15) is 13.6 Å². The third-order valence-corrected chi connectivity index (χ3v) is 4.59. The zero-order valence-electron chi connectivity index (χ0n) is 14.4. The van der Waals surface area contributed by atoms with Gasteiger partial charge in [0.2, 0.25) is 0 Å². The molecular weight excluding hydrogens is 324 g/mol. The molecule has 0 unspecified atom stereocenters. The fourth-order valence-electron chi connectivity index (χ4n) is 2.87. The number of anilines is 2. The fourth-order valence-corrected chi connectivity index (χ4v) is 2.87. The Balaban J connectivity index is 1.58. The third-order valence-electron chi connectivity index (χ3n) is 4.59. The Labute approximate surface area is 146 Å². The van der Waals surface area contributed by atoms with Crippen LogP contribution in [0.15, 0.2) is 36.4 Å². The highest BCUT2D eigenvalue weighted by Gasteiger charge is 2.21. The molecule has 4 nitrogen and oxygen atoms in total. The average Bonchev–Trinajstić information content (AvgIpc) is 2.61. The highest BCUT2D eigenvalue weighted by molar-refractivity contribution is 5.89. The lowest BCUT2D eigenvalue weighted by Crippen LogP contribution is -2.50. The molecule has 0 spiro atoms. The lowest BCUT2D eigenvalue weighted by molar-refractivity contribution is 0.208. The molecule has 1 fully saturated rings. The summed E-state index contributed by atoms with van der Waals surface area (Å²) in [5.41, 5.74) is 3.91. The van der Waals surface area contributed by atoms with Gasteiger partial charge in [0.1, 0.15) is 0 Å². The molecule has 25 heavy (non-hydrogen) atoms. The van der Waals surface area contributed by atoms with Crippen LogP contribution in [-0.2, 0) is 0 Å². The Morgan fingerprint density at radius 1 is 0.920 bits per heavy atom. The molecule has 1 aliphatic heterocycles. The quantitative estimate of drug-likeness (QED) is 0.895. The van der Waals surface area contributed by atoms with Crippen LogP contribution in [-0.4, -0.2) is 37.1 Å². The van der Waals surface area contributed by atoms with Crippen LogP contribution < -0.4 is 10.2 Å². The van der Waals surface area contributed by atoms with Gasteiger partial charge in [-0.15, -0.1) is 0 Å². The first-order valence-electron chi connectivity index (χ1n) is 8.27. The molecule has 1 heterocycles. The molecule has 0 saturated carbocycles. The molecular formula is C19H21F2N3O. The van der Waals surface area contributed by atoms with Crippen LogP contribution in [0.3, 0.4) is 0 Å². The predicted octanol–water partition coefficient (Wildman–Crippen LogP) is 3.94. The van der Waals surface area contributed by atoms with Crippen LogP contribution in [0.25, 0.3) is 0 Å². The van der Waals surface area contributed by atoms with Gasteiger partial charge in [-0.3, -0.25) is 0 Å². The number of nitrogens with zero attached hydrogens (tertiary/aromatic N) is 2. The number of amides is 2. The monoisotopic (exact) mass is 345 g/mol. The van der Waals surface area contributed by atoms with Crippen LogP contribution in [0.2, 0.25) is 0 Å².